The van der Waals surface area contributed by atoms with Crippen molar-refractivity contribution in [2.75, 3.05) is 0 Å². The maximum Gasteiger partial charge on any atom is 0.166 e. The van der Waals surface area contributed by atoms with Gasteiger partial charge in [-0.1, -0.05) is 17.7 Å². The number of rotatable bonds is 8. The molecule has 0 saturated heterocycles. The molecule has 5 aromatic rings. The largest absolute Gasteiger partial charge is 0.306 e. The van der Waals surface area contributed by atoms with Crippen LogP contribution in [0.2, 0.25) is 5.02 Å². The SMILES string of the molecule is O=C(CCc1ncn2ccc(Cl)cc12)c1cn(Cc2cn3cc(C4CC4)ccc3n2)nc1C1CC1. The number of hydrogen-bond acceptors (Lipinski definition) is 4. The number of imidazole rings is 2. The van der Waals surface area contributed by atoms with Crippen LogP contribution in [0.3, 0.4) is 0 Å². The van der Waals surface area contributed by atoms with Gasteiger partial charge in [-0.25, -0.2) is 9.97 Å². The molecule has 5 heterocycles. The molecule has 0 atom stereocenters. The van der Waals surface area contributed by atoms with Gasteiger partial charge in [-0.3, -0.25) is 9.48 Å². The fourth-order valence-electron chi connectivity index (χ4n) is 4.93. The second kappa shape index (κ2) is 8.05. The molecule has 2 aliphatic carbocycles. The second-order valence-electron chi connectivity index (χ2n) is 9.89. The van der Waals surface area contributed by atoms with E-state index in [-0.39, 0.29) is 5.78 Å². The Morgan fingerprint density at radius 2 is 1.89 bits per heavy atom. The molecule has 7 nitrogen and oxygen atoms in total. The monoisotopic (exact) mass is 484 g/mol. The van der Waals surface area contributed by atoms with Gasteiger partial charge in [-0.05, 0) is 61.8 Å². The van der Waals surface area contributed by atoms with Gasteiger partial charge in [0.25, 0.3) is 0 Å². The van der Waals surface area contributed by atoms with Crippen molar-refractivity contribution in [3.63, 3.8) is 0 Å². The van der Waals surface area contributed by atoms with Crippen LogP contribution in [-0.2, 0) is 13.0 Å². The Morgan fingerprint density at radius 1 is 1.03 bits per heavy atom. The highest BCUT2D eigenvalue weighted by Crippen LogP contribution is 2.41. The number of ketones is 1. The summed E-state index contributed by atoms with van der Waals surface area (Å²) in [5.41, 5.74) is 6.79. The van der Waals surface area contributed by atoms with E-state index in [9.17, 15) is 4.79 Å². The minimum absolute atomic E-state index is 0.116. The van der Waals surface area contributed by atoms with E-state index in [1.54, 1.807) is 6.33 Å². The second-order valence-corrected chi connectivity index (χ2v) is 10.3. The highest BCUT2D eigenvalue weighted by molar-refractivity contribution is 6.30. The molecule has 0 radical (unpaired) electrons. The fraction of sp³-hybridized carbons (Fsp3) is 0.333. The number of aromatic nitrogens is 6. The number of pyridine rings is 2. The van der Waals surface area contributed by atoms with Crippen molar-refractivity contribution in [1.29, 1.82) is 0 Å². The lowest BCUT2D eigenvalue weighted by Crippen LogP contribution is -2.03. The van der Waals surface area contributed by atoms with Crippen LogP contribution in [0, 0.1) is 0 Å². The number of halogens is 1. The first-order chi connectivity index (χ1) is 17.1. The fourth-order valence-corrected chi connectivity index (χ4v) is 5.09. The summed E-state index contributed by atoms with van der Waals surface area (Å²) in [5, 5.41) is 5.50. The van der Waals surface area contributed by atoms with Gasteiger partial charge in [0.15, 0.2) is 5.78 Å². The third-order valence-electron chi connectivity index (χ3n) is 7.12. The van der Waals surface area contributed by atoms with Crippen molar-refractivity contribution in [3.8, 4) is 0 Å². The van der Waals surface area contributed by atoms with Gasteiger partial charge in [0.2, 0.25) is 0 Å². The molecular weight excluding hydrogens is 460 g/mol. The van der Waals surface area contributed by atoms with E-state index in [0.29, 0.717) is 36.2 Å². The van der Waals surface area contributed by atoms with E-state index in [0.717, 1.165) is 46.7 Å². The van der Waals surface area contributed by atoms with Crippen LogP contribution in [0.25, 0.3) is 11.2 Å². The Labute approximate surface area is 207 Å². The van der Waals surface area contributed by atoms with Gasteiger partial charge in [0, 0.05) is 42.1 Å². The first-order valence-electron chi connectivity index (χ1n) is 12.3. The molecule has 176 valence electrons. The first-order valence-corrected chi connectivity index (χ1v) is 12.7. The number of Topliss-reactive ketones (excluding diaryl/α,β-unsaturated/α-hetero) is 1. The number of carbonyl (C=O) groups excluding carboxylic acids is 1. The summed E-state index contributed by atoms with van der Waals surface area (Å²) in [7, 11) is 0. The minimum atomic E-state index is 0.116. The first kappa shape index (κ1) is 20.9. The van der Waals surface area contributed by atoms with Gasteiger partial charge in [-0.15, -0.1) is 0 Å². The zero-order chi connectivity index (χ0) is 23.5. The van der Waals surface area contributed by atoms with E-state index in [4.69, 9.17) is 21.7 Å². The van der Waals surface area contributed by atoms with Crippen molar-refractivity contribution >= 4 is 28.5 Å². The summed E-state index contributed by atoms with van der Waals surface area (Å²) < 4.78 is 5.93. The summed E-state index contributed by atoms with van der Waals surface area (Å²) in [4.78, 5) is 22.5. The molecule has 8 heteroatoms. The van der Waals surface area contributed by atoms with Crippen molar-refractivity contribution in [2.45, 2.75) is 56.9 Å². The third-order valence-corrected chi connectivity index (χ3v) is 7.36. The summed E-state index contributed by atoms with van der Waals surface area (Å²) in [6.07, 6.45) is 15.6. The summed E-state index contributed by atoms with van der Waals surface area (Å²) in [6, 6.07) is 8.01. The minimum Gasteiger partial charge on any atom is -0.306 e. The molecule has 0 spiro atoms. The van der Waals surface area contributed by atoms with Crippen LogP contribution in [0.15, 0.2) is 55.4 Å². The van der Waals surface area contributed by atoms with Crippen LogP contribution >= 0.6 is 11.6 Å². The molecule has 2 aliphatic rings. The van der Waals surface area contributed by atoms with Gasteiger partial charge in [0.1, 0.15) is 5.65 Å². The van der Waals surface area contributed by atoms with Crippen LogP contribution in [0.1, 0.15) is 76.9 Å². The molecule has 0 N–H and O–H groups in total. The molecule has 0 aliphatic heterocycles. The quantitative estimate of drug-likeness (QED) is 0.274. The number of nitrogens with zero attached hydrogens (tertiary/aromatic N) is 6. The summed E-state index contributed by atoms with van der Waals surface area (Å²) >= 11 is 6.16. The topological polar surface area (TPSA) is 69.5 Å². The van der Waals surface area contributed by atoms with Crippen LogP contribution in [0.4, 0.5) is 0 Å². The zero-order valence-electron chi connectivity index (χ0n) is 19.3. The van der Waals surface area contributed by atoms with Gasteiger partial charge in [-0.2, -0.15) is 5.10 Å². The van der Waals surface area contributed by atoms with Crippen LogP contribution in [-0.4, -0.2) is 34.3 Å². The Bertz CT molecular complexity index is 1590. The molecule has 7 rings (SSSR count). The molecule has 2 fully saturated rings. The highest BCUT2D eigenvalue weighted by atomic mass is 35.5. The van der Waals surface area contributed by atoms with E-state index in [2.05, 4.69) is 33.9 Å². The normalized spacial score (nSPS) is 15.9. The van der Waals surface area contributed by atoms with Crippen molar-refractivity contribution in [2.24, 2.45) is 0 Å². The van der Waals surface area contributed by atoms with Crippen molar-refractivity contribution in [1.82, 2.24) is 28.5 Å². The molecule has 0 bridgehead atoms. The third kappa shape index (κ3) is 4.04. The molecular formula is C27H25ClN6O. The number of aryl methyl sites for hydroxylation is 1. The van der Waals surface area contributed by atoms with Crippen molar-refractivity contribution in [3.05, 3.63) is 88.6 Å². The number of carbonyl (C=O) groups is 1. The Balaban J connectivity index is 1.11. The average molecular weight is 485 g/mol. The Kier molecular flexibility index (Phi) is 4.81. The van der Waals surface area contributed by atoms with Crippen LogP contribution in [0.5, 0.6) is 0 Å². The lowest BCUT2D eigenvalue weighted by atomic mass is 10.0. The maximum atomic E-state index is 13.3. The molecule has 0 unspecified atom stereocenters. The van der Waals surface area contributed by atoms with Gasteiger partial charge < -0.3 is 8.80 Å². The number of hydrogen-bond donors (Lipinski definition) is 0. The van der Waals surface area contributed by atoms with E-state index >= 15 is 0 Å². The van der Waals surface area contributed by atoms with E-state index in [1.807, 2.05) is 33.6 Å². The van der Waals surface area contributed by atoms with Gasteiger partial charge in [0.05, 0.1) is 41.0 Å². The summed E-state index contributed by atoms with van der Waals surface area (Å²) in [6.45, 7) is 0.553. The zero-order valence-corrected chi connectivity index (χ0v) is 20.0. The summed E-state index contributed by atoms with van der Waals surface area (Å²) in [5.74, 6) is 1.22. The highest BCUT2D eigenvalue weighted by Gasteiger charge is 2.31. The average Bonchev–Trinajstić information content (AvgIpc) is 3.77. The lowest BCUT2D eigenvalue weighted by molar-refractivity contribution is 0.0981. The predicted molar refractivity (Wildman–Crippen MR) is 133 cm³/mol. The van der Waals surface area contributed by atoms with E-state index < -0.39 is 0 Å². The molecule has 35 heavy (non-hydrogen) atoms. The van der Waals surface area contributed by atoms with Crippen LogP contribution < -0.4 is 0 Å². The maximum absolute atomic E-state index is 13.3. The Morgan fingerprint density at radius 3 is 2.71 bits per heavy atom. The predicted octanol–water partition coefficient (Wildman–Crippen LogP) is 5.45. The van der Waals surface area contributed by atoms with Crippen molar-refractivity contribution < 1.29 is 4.79 Å². The van der Waals surface area contributed by atoms with E-state index in [1.165, 1.54) is 18.4 Å². The molecule has 2 saturated carbocycles. The number of fused-ring (bicyclic) bond motifs is 2. The molecule has 0 aromatic carbocycles. The lowest BCUT2D eigenvalue weighted by Gasteiger charge is -2.01. The Hall–Kier alpha value is -3.45. The smallest absolute Gasteiger partial charge is 0.166 e. The molecule has 5 aromatic heterocycles. The standard InChI is InChI=1S/C27H25ClN6O/c28-20-9-10-32-16-29-23(24(32)11-20)6-7-25(35)22-15-34(31-27(22)18-3-4-18)14-21-13-33-12-19(17-1-2-17)5-8-26(33)30-21/h5,8-13,15-18H,1-4,6-7,14H2. The van der Waals surface area contributed by atoms with Gasteiger partial charge >= 0.3 is 0 Å². The molecule has 0 amide bonds.